The van der Waals surface area contributed by atoms with Crippen molar-refractivity contribution in [1.29, 1.82) is 0 Å². The summed E-state index contributed by atoms with van der Waals surface area (Å²) >= 11 is 1.47. The van der Waals surface area contributed by atoms with Gasteiger partial charge in [0.25, 0.3) is 5.56 Å². The number of hydrogen-bond donors (Lipinski definition) is 2. The van der Waals surface area contributed by atoms with Crippen molar-refractivity contribution in [3.05, 3.63) is 51.9 Å². The minimum absolute atomic E-state index is 0.172. The van der Waals surface area contributed by atoms with Gasteiger partial charge in [-0.25, -0.2) is 0 Å². The highest BCUT2D eigenvalue weighted by molar-refractivity contribution is 7.99. The molecular formula is C13H16N4OS. The van der Waals surface area contributed by atoms with Crippen molar-refractivity contribution in [2.45, 2.75) is 18.0 Å². The molecule has 1 aromatic carbocycles. The van der Waals surface area contributed by atoms with Gasteiger partial charge in [-0.2, -0.15) is 0 Å². The fourth-order valence-electron chi connectivity index (χ4n) is 1.57. The van der Waals surface area contributed by atoms with Crippen LogP contribution in [0, 0.1) is 0 Å². The highest BCUT2D eigenvalue weighted by Crippen LogP contribution is 2.11. The molecule has 0 unspecified atom stereocenters. The average molecular weight is 276 g/mol. The number of thioether (sulfide) groups is 1. The molecule has 0 fully saturated rings. The van der Waals surface area contributed by atoms with Crippen LogP contribution in [0.4, 0.5) is 0 Å². The fourth-order valence-corrected chi connectivity index (χ4v) is 2.34. The Kier molecular flexibility index (Phi) is 5.11. The minimum atomic E-state index is -0.172. The first-order valence-electron chi connectivity index (χ1n) is 6.12. The minimum Gasteiger partial charge on any atom is -0.330 e. The summed E-state index contributed by atoms with van der Waals surface area (Å²) in [6.07, 6.45) is 1.39. The monoisotopic (exact) mass is 276 g/mol. The molecule has 0 aliphatic heterocycles. The maximum absolute atomic E-state index is 11.9. The van der Waals surface area contributed by atoms with Crippen LogP contribution in [0.5, 0.6) is 0 Å². The first kappa shape index (κ1) is 13.8. The summed E-state index contributed by atoms with van der Waals surface area (Å²) in [5.74, 6) is 0.832. The number of benzene rings is 1. The molecule has 0 radical (unpaired) electrons. The third-order valence-corrected chi connectivity index (χ3v) is 3.50. The van der Waals surface area contributed by atoms with Crippen LogP contribution in [0.25, 0.3) is 0 Å². The highest BCUT2D eigenvalue weighted by atomic mass is 32.2. The molecule has 6 heteroatoms. The molecule has 1 aromatic heterocycles. The predicted octanol–water partition coefficient (Wildman–Crippen LogP) is 1.20. The molecule has 5 nitrogen and oxygen atoms in total. The largest absolute Gasteiger partial charge is 0.330 e. The molecule has 1 heterocycles. The van der Waals surface area contributed by atoms with Gasteiger partial charge < -0.3 is 5.73 Å². The summed E-state index contributed by atoms with van der Waals surface area (Å²) in [5.41, 5.74) is 6.73. The van der Waals surface area contributed by atoms with Crippen LogP contribution in [0.15, 0.2) is 40.3 Å². The average Bonchev–Trinajstić information content (AvgIpc) is 2.43. The molecule has 2 rings (SSSR count). The molecule has 2 aromatic rings. The Morgan fingerprint density at radius 1 is 1.21 bits per heavy atom. The molecule has 0 saturated heterocycles. The summed E-state index contributed by atoms with van der Waals surface area (Å²) < 4.78 is 0. The predicted molar refractivity (Wildman–Crippen MR) is 76.3 cm³/mol. The zero-order valence-corrected chi connectivity index (χ0v) is 11.3. The van der Waals surface area contributed by atoms with E-state index in [9.17, 15) is 4.79 Å². The van der Waals surface area contributed by atoms with E-state index in [1.807, 2.05) is 30.3 Å². The van der Waals surface area contributed by atoms with Crippen LogP contribution in [0.2, 0.25) is 0 Å². The Bertz CT molecular complexity index is 570. The van der Waals surface area contributed by atoms with E-state index in [1.54, 1.807) is 0 Å². The van der Waals surface area contributed by atoms with Gasteiger partial charge in [-0.15, -0.1) is 10.2 Å². The molecule has 0 saturated carbocycles. The Morgan fingerprint density at radius 2 is 2.00 bits per heavy atom. The third kappa shape index (κ3) is 4.18. The number of hydrogen-bond acceptors (Lipinski definition) is 5. The summed E-state index contributed by atoms with van der Waals surface area (Å²) in [5, 5.41) is 8.58. The number of nitrogens with zero attached hydrogens (tertiary/aromatic N) is 2. The maximum atomic E-state index is 11.9. The third-order valence-electron chi connectivity index (χ3n) is 2.55. The van der Waals surface area contributed by atoms with Gasteiger partial charge >= 0.3 is 0 Å². The number of nitrogens with two attached hydrogens (primary N) is 1. The van der Waals surface area contributed by atoms with Crippen LogP contribution in [0.3, 0.4) is 0 Å². The van der Waals surface area contributed by atoms with Gasteiger partial charge in [0.2, 0.25) is 0 Å². The van der Waals surface area contributed by atoms with Crippen molar-refractivity contribution in [3.63, 3.8) is 0 Å². The zero-order chi connectivity index (χ0) is 13.5. The molecule has 3 N–H and O–H groups in total. The van der Waals surface area contributed by atoms with Gasteiger partial charge in [-0.1, -0.05) is 42.1 Å². The van der Waals surface area contributed by atoms with Gasteiger partial charge in [0.1, 0.15) is 5.69 Å². The first-order valence-corrected chi connectivity index (χ1v) is 7.11. The smallest absolute Gasteiger partial charge is 0.273 e. The van der Waals surface area contributed by atoms with Crippen molar-refractivity contribution in [2.75, 3.05) is 12.3 Å². The van der Waals surface area contributed by atoms with Crippen LogP contribution in [-0.2, 0) is 6.42 Å². The second kappa shape index (κ2) is 7.06. The number of rotatable bonds is 6. The van der Waals surface area contributed by atoms with E-state index < -0.39 is 0 Å². The van der Waals surface area contributed by atoms with E-state index >= 15 is 0 Å². The van der Waals surface area contributed by atoms with E-state index in [4.69, 9.17) is 5.73 Å². The molecular weight excluding hydrogens is 260 g/mol. The lowest BCUT2D eigenvalue weighted by Gasteiger charge is -2.02. The van der Waals surface area contributed by atoms with Crippen LogP contribution < -0.4 is 11.3 Å². The number of aromatic amines is 1. The zero-order valence-electron chi connectivity index (χ0n) is 10.5. The molecule has 0 aliphatic rings. The van der Waals surface area contributed by atoms with Gasteiger partial charge in [0, 0.05) is 12.2 Å². The molecule has 0 atom stereocenters. The van der Waals surface area contributed by atoms with Crippen molar-refractivity contribution in [2.24, 2.45) is 5.73 Å². The molecule has 0 bridgehead atoms. The van der Waals surface area contributed by atoms with Gasteiger partial charge in [-0.3, -0.25) is 9.78 Å². The summed E-state index contributed by atoms with van der Waals surface area (Å²) in [4.78, 5) is 14.6. The highest BCUT2D eigenvalue weighted by Gasteiger charge is 2.06. The van der Waals surface area contributed by atoms with E-state index in [0.717, 1.165) is 17.7 Å². The maximum Gasteiger partial charge on any atom is 0.273 e. The van der Waals surface area contributed by atoms with Crippen LogP contribution in [0.1, 0.15) is 17.7 Å². The van der Waals surface area contributed by atoms with E-state index in [1.165, 1.54) is 11.8 Å². The lowest BCUT2D eigenvalue weighted by atomic mass is 10.1. The van der Waals surface area contributed by atoms with Crippen LogP contribution in [-0.4, -0.2) is 27.5 Å². The summed E-state index contributed by atoms with van der Waals surface area (Å²) in [6, 6.07) is 9.74. The van der Waals surface area contributed by atoms with Crippen molar-refractivity contribution < 1.29 is 0 Å². The molecule has 100 valence electrons. The van der Waals surface area contributed by atoms with E-state index in [-0.39, 0.29) is 5.56 Å². The van der Waals surface area contributed by atoms with Gasteiger partial charge in [0.15, 0.2) is 5.16 Å². The Hall–Kier alpha value is -1.66. The number of nitrogens with one attached hydrogen (secondary N) is 1. The Balaban J connectivity index is 2.05. The Morgan fingerprint density at radius 3 is 2.68 bits per heavy atom. The lowest BCUT2D eigenvalue weighted by Crippen LogP contribution is -2.18. The van der Waals surface area contributed by atoms with E-state index in [0.29, 0.717) is 23.8 Å². The second-order valence-electron chi connectivity index (χ2n) is 4.06. The number of aromatic nitrogens is 3. The SMILES string of the molecule is NCCCSc1nnc(Cc2ccccc2)c(=O)[nH]1. The van der Waals surface area contributed by atoms with Crippen molar-refractivity contribution >= 4 is 11.8 Å². The molecule has 0 amide bonds. The van der Waals surface area contributed by atoms with Crippen LogP contribution >= 0.6 is 11.8 Å². The van der Waals surface area contributed by atoms with Crippen molar-refractivity contribution in [1.82, 2.24) is 15.2 Å². The molecule has 19 heavy (non-hydrogen) atoms. The summed E-state index contributed by atoms with van der Waals surface area (Å²) in [7, 11) is 0. The topological polar surface area (TPSA) is 84.7 Å². The Labute approximate surface area is 115 Å². The normalized spacial score (nSPS) is 10.6. The quantitative estimate of drug-likeness (QED) is 0.611. The first-order chi connectivity index (χ1) is 9.29. The van der Waals surface area contributed by atoms with Gasteiger partial charge in [0.05, 0.1) is 0 Å². The molecule has 0 aliphatic carbocycles. The van der Waals surface area contributed by atoms with Gasteiger partial charge in [-0.05, 0) is 18.5 Å². The van der Waals surface area contributed by atoms with E-state index in [2.05, 4.69) is 15.2 Å². The van der Waals surface area contributed by atoms with Crippen molar-refractivity contribution in [3.8, 4) is 0 Å². The molecule has 0 spiro atoms. The standard InChI is InChI=1S/C13H16N4OS/c14-7-4-8-19-13-15-12(18)11(16-17-13)9-10-5-2-1-3-6-10/h1-3,5-6H,4,7-9,14H2,(H,15,17,18). The lowest BCUT2D eigenvalue weighted by molar-refractivity contribution is 0.771. The second-order valence-corrected chi connectivity index (χ2v) is 5.14. The summed E-state index contributed by atoms with van der Waals surface area (Å²) in [6.45, 7) is 0.636. The number of H-pyrrole nitrogens is 1. The fraction of sp³-hybridized carbons (Fsp3) is 0.308.